The Hall–Kier alpha value is -3.14. The fourth-order valence-corrected chi connectivity index (χ4v) is 5.12. The minimum atomic E-state index is 0.743. The third kappa shape index (κ3) is 2.74. The van der Waals surface area contributed by atoms with Crippen LogP contribution in [0.5, 0.6) is 0 Å². The number of fused-ring (bicyclic) bond motifs is 4. The van der Waals surface area contributed by atoms with E-state index in [2.05, 4.69) is 60.0 Å². The minimum absolute atomic E-state index is 0.743. The van der Waals surface area contributed by atoms with E-state index < -0.39 is 0 Å². The Bertz CT molecular complexity index is 1370. The first kappa shape index (κ1) is 17.7. The molecule has 4 heteroatoms. The molecule has 30 heavy (non-hydrogen) atoms. The zero-order valence-corrected chi connectivity index (χ0v) is 17.3. The van der Waals surface area contributed by atoms with Crippen molar-refractivity contribution in [2.24, 2.45) is 5.92 Å². The molecule has 0 radical (unpaired) electrons. The molecule has 0 unspecified atom stereocenters. The van der Waals surface area contributed by atoms with Gasteiger partial charge >= 0.3 is 0 Å². The summed E-state index contributed by atoms with van der Waals surface area (Å²) in [7, 11) is 0. The zero-order chi connectivity index (χ0) is 20.1. The second-order valence-electron chi connectivity index (χ2n) is 8.46. The van der Waals surface area contributed by atoms with E-state index in [1.165, 1.54) is 25.7 Å². The molecule has 1 aliphatic carbocycles. The molecule has 0 N–H and O–H groups in total. The SMILES string of the molecule is CCn1c(-c2cccc3c2oc2nc(CC4CCCC4)ccc23)nc2ccccc21. The highest BCUT2D eigenvalue weighted by Crippen LogP contribution is 2.36. The van der Waals surface area contributed by atoms with E-state index in [-0.39, 0.29) is 0 Å². The number of aryl methyl sites for hydroxylation is 1. The second-order valence-corrected chi connectivity index (χ2v) is 8.46. The van der Waals surface area contributed by atoms with Crippen molar-refractivity contribution in [3.05, 3.63) is 60.3 Å². The molecule has 5 aromatic rings. The maximum atomic E-state index is 6.37. The van der Waals surface area contributed by atoms with Gasteiger partial charge < -0.3 is 8.98 Å². The third-order valence-corrected chi connectivity index (χ3v) is 6.61. The smallest absolute Gasteiger partial charge is 0.227 e. The van der Waals surface area contributed by atoms with Crippen LogP contribution in [0, 0.1) is 5.92 Å². The number of imidazole rings is 1. The predicted octanol–water partition coefficient (Wildman–Crippen LogP) is 6.75. The molecule has 3 aromatic heterocycles. The zero-order valence-electron chi connectivity index (χ0n) is 17.3. The molecule has 3 heterocycles. The molecule has 2 aromatic carbocycles. The summed E-state index contributed by atoms with van der Waals surface area (Å²) < 4.78 is 8.63. The van der Waals surface area contributed by atoms with Crippen LogP contribution in [0.15, 0.2) is 59.0 Å². The van der Waals surface area contributed by atoms with Gasteiger partial charge in [0.25, 0.3) is 0 Å². The standard InChI is InChI=1S/C26H25N3O/c1-2-29-23-13-6-5-12-22(23)28-25(29)21-11-7-10-19-20-15-14-18(16-17-8-3-4-9-17)27-26(20)30-24(19)21/h5-7,10-15,17H,2-4,8-9,16H2,1H3. The summed E-state index contributed by atoms with van der Waals surface area (Å²) in [6.45, 7) is 3.02. The lowest BCUT2D eigenvalue weighted by atomic mass is 10.0. The van der Waals surface area contributed by atoms with Crippen molar-refractivity contribution in [2.45, 2.75) is 45.6 Å². The van der Waals surface area contributed by atoms with Gasteiger partial charge in [0, 0.05) is 23.0 Å². The molecule has 0 spiro atoms. The van der Waals surface area contributed by atoms with Crippen molar-refractivity contribution in [2.75, 3.05) is 0 Å². The fourth-order valence-electron chi connectivity index (χ4n) is 5.12. The van der Waals surface area contributed by atoms with Gasteiger partial charge in [-0.3, -0.25) is 0 Å². The normalized spacial score (nSPS) is 15.1. The maximum absolute atomic E-state index is 6.37. The van der Waals surface area contributed by atoms with E-state index in [4.69, 9.17) is 14.4 Å². The maximum Gasteiger partial charge on any atom is 0.227 e. The fraction of sp³-hybridized carbons (Fsp3) is 0.308. The number of rotatable bonds is 4. The van der Waals surface area contributed by atoms with Crippen molar-refractivity contribution in [3.63, 3.8) is 0 Å². The van der Waals surface area contributed by atoms with Crippen LogP contribution in [0.2, 0.25) is 0 Å². The summed E-state index contributed by atoms with van der Waals surface area (Å²) in [5, 5.41) is 2.19. The molecular formula is C26H25N3O. The molecule has 1 saturated carbocycles. The van der Waals surface area contributed by atoms with Crippen molar-refractivity contribution in [3.8, 4) is 11.4 Å². The molecule has 4 nitrogen and oxygen atoms in total. The van der Waals surface area contributed by atoms with Crippen LogP contribution in [-0.4, -0.2) is 14.5 Å². The Morgan fingerprint density at radius 1 is 0.933 bits per heavy atom. The first-order valence-electron chi connectivity index (χ1n) is 11.1. The summed E-state index contributed by atoms with van der Waals surface area (Å²) in [6, 6.07) is 19.0. The van der Waals surface area contributed by atoms with Crippen LogP contribution in [0.3, 0.4) is 0 Å². The molecule has 0 aliphatic heterocycles. The monoisotopic (exact) mass is 395 g/mol. The van der Waals surface area contributed by atoms with Gasteiger partial charge in [0.1, 0.15) is 11.4 Å². The number of furan rings is 1. The first-order valence-corrected chi connectivity index (χ1v) is 11.1. The lowest BCUT2D eigenvalue weighted by molar-refractivity contribution is 0.537. The molecule has 6 rings (SSSR count). The number of benzene rings is 2. The summed E-state index contributed by atoms with van der Waals surface area (Å²) >= 11 is 0. The number of para-hydroxylation sites is 3. The number of hydrogen-bond acceptors (Lipinski definition) is 3. The number of aromatic nitrogens is 3. The Balaban J connectivity index is 1.52. The van der Waals surface area contributed by atoms with Gasteiger partial charge in [-0.1, -0.05) is 49.9 Å². The van der Waals surface area contributed by atoms with E-state index in [0.29, 0.717) is 0 Å². The van der Waals surface area contributed by atoms with Gasteiger partial charge in [0.05, 0.1) is 16.6 Å². The summed E-state index contributed by atoms with van der Waals surface area (Å²) in [5.41, 5.74) is 5.96. The highest BCUT2D eigenvalue weighted by Gasteiger charge is 2.20. The van der Waals surface area contributed by atoms with Gasteiger partial charge in [0.2, 0.25) is 5.71 Å². The Kier molecular flexibility index (Phi) is 4.12. The third-order valence-electron chi connectivity index (χ3n) is 6.61. The molecule has 0 bridgehead atoms. The molecule has 1 fully saturated rings. The first-order chi connectivity index (χ1) is 14.8. The van der Waals surface area contributed by atoms with Crippen LogP contribution in [0.25, 0.3) is 44.5 Å². The van der Waals surface area contributed by atoms with Crippen molar-refractivity contribution in [1.29, 1.82) is 0 Å². The van der Waals surface area contributed by atoms with Gasteiger partial charge in [-0.25, -0.2) is 9.97 Å². The van der Waals surface area contributed by atoms with Gasteiger partial charge in [-0.15, -0.1) is 0 Å². The summed E-state index contributed by atoms with van der Waals surface area (Å²) in [5.74, 6) is 1.73. The molecule has 0 atom stereocenters. The molecule has 0 amide bonds. The largest absolute Gasteiger partial charge is 0.437 e. The topological polar surface area (TPSA) is 43.9 Å². The summed E-state index contributed by atoms with van der Waals surface area (Å²) in [4.78, 5) is 9.84. The van der Waals surface area contributed by atoms with E-state index >= 15 is 0 Å². The molecule has 1 aliphatic rings. The molecule has 150 valence electrons. The van der Waals surface area contributed by atoms with Crippen LogP contribution in [0.4, 0.5) is 0 Å². The van der Waals surface area contributed by atoms with Crippen LogP contribution in [-0.2, 0) is 13.0 Å². The Morgan fingerprint density at radius 2 is 1.80 bits per heavy atom. The highest BCUT2D eigenvalue weighted by atomic mass is 16.3. The average molecular weight is 396 g/mol. The number of hydrogen-bond donors (Lipinski definition) is 0. The van der Waals surface area contributed by atoms with E-state index in [0.717, 1.165) is 69.1 Å². The Labute approximate surface area is 175 Å². The highest BCUT2D eigenvalue weighted by molar-refractivity contribution is 6.08. The van der Waals surface area contributed by atoms with E-state index in [1.807, 2.05) is 6.07 Å². The van der Waals surface area contributed by atoms with Crippen molar-refractivity contribution < 1.29 is 4.42 Å². The second kappa shape index (κ2) is 6.98. The average Bonchev–Trinajstić information content (AvgIpc) is 3.49. The van der Waals surface area contributed by atoms with Crippen molar-refractivity contribution >= 4 is 33.1 Å². The molecular weight excluding hydrogens is 370 g/mol. The quantitative estimate of drug-likeness (QED) is 0.338. The van der Waals surface area contributed by atoms with Crippen LogP contribution < -0.4 is 0 Å². The van der Waals surface area contributed by atoms with Crippen LogP contribution in [0.1, 0.15) is 38.3 Å². The lowest BCUT2D eigenvalue weighted by Crippen LogP contribution is -2.00. The lowest BCUT2D eigenvalue weighted by Gasteiger charge is -2.07. The number of pyridine rings is 1. The van der Waals surface area contributed by atoms with Crippen molar-refractivity contribution in [1.82, 2.24) is 14.5 Å². The molecule has 0 saturated heterocycles. The van der Waals surface area contributed by atoms with Crippen LogP contribution >= 0.6 is 0 Å². The minimum Gasteiger partial charge on any atom is -0.437 e. The van der Waals surface area contributed by atoms with Gasteiger partial charge in [-0.05, 0) is 49.6 Å². The van der Waals surface area contributed by atoms with Gasteiger partial charge in [0.15, 0.2) is 0 Å². The predicted molar refractivity (Wildman–Crippen MR) is 122 cm³/mol. The van der Waals surface area contributed by atoms with E-state index in [1.54, 1.807) is 0 Å². The number of nitrogens with zero attached hydrogens (tertiary/aromatic N) is 3. The Morgan fingerprint density at radius 3 is 2.67 bits per heavy atom. The summed E-state index contributed by atoms with van der Waals surface area (Å²) in [6.07, 6.45) is 6.44. The van der Waals surface area contributed by atoms with E-state index in [9.17, 15) is 0 Å². The van der Waals surface area contributed by atoms with Gasteiger partial charge in [-0.2, -0.15) is 0 Å².